The molecule has 9 nitrogen and oxygen atoms in total. The summed E-state index contributed by atoms with van der Waals surface area (Å²) < 4.78 is 49.0. The van der Waals surface area contributed by atoms with Crippen LogP contribution in [-0.2, 0) is 32.3 Å². The first-order valence-electron chi connectivity index (χ1n) is 19.0. The summed E-state index contributed by atoms with van der Waals surface area (Å²) in [6.45, 7) is 9.47. The van der Waals surface area contributed by atoms with Crippen molar-refractivity contribution in [2.75, 3.05) is 50.9 Å². The van der Waals surface area contributed by atoms with E-state index in [1.165, 1.54) is 17.5 Å². The molecule has 2 aromatic rings. The van der Waals surface area contributed by atoms with Gasteiger partial charge in [-0.05, 0) is 131 Å². The van der Waals surface area contributed by atoms with Crippen LogP contribution in [0.4, 0.5) is 5.69 Å². The molecule has 1 aliphatic carbocycles. The number of amides is 1. The molecule has 11 heteroatoms. The number of fused-ring (bicyclic) bond motifs is 3. The van der Waals surface area contributed by atoms with Crippen LogP contribution in [0.25, 0.3) is 0 Å². The first kappa shape index (κ1) is 36.0. The lowest BCUT2D eigenvalue weighted by Gasteiger charge is -2.49. The molecule has 274 valence electrons. The number of halogens is 1. The van der Waals surface area contributed by atoms with Gasteiger partial charge in [0.25, 0.3) is 5.91 Å². The van der Waals surface area contributed by atoms with E-state index >= 15 is 0 Å². The standard InChI is InChI=1S/C39H54ClN3O6S/c1-26-7-5-9-35(39-48-24-33(25-49-39)42-18-6-19-42)34-14-11-31(34)23-43-17-4-3-8-29-21-32(40)13-10-28(29)16-20-47-37-15-12-30(22-36(37)43)38(44)41-50(45,46)27(26)2/h10,12-13,15,21-22,26-27,31,33-35,39H,3-9,11,14,16-20,23-25H2,1-2H3,(H,41,44)/t26-,27+,31-,33?,34+,35-,39?/m0/s1. The van der Waals surface area contributed by atoms with E-state index in [4.69, 9.17) is 25.8 Å². The molecule has 0 unspecified atom stereocenters. The summed E-state index contributed by atoms with van der Waals surface area (Å²) >= 11 is 6.40. The van der Waals surface area contributed by atoms with Crippen molar-refractivity contribution in [3.8, 4) is 5.75 Å². The lowest BCUT2D eigenvalue weighted by atomic mass is 9.65. The number of anilines is 1. The predicted octanol–water partition coefficient (Wildman–Crippen LogP) is 6.46. The molecule has 2 bridgehead atoms. The molecular formula is C39H54ClN3O6S. The summed E-state index contributed by atoms with van der Waals surface area (Å²) in [6.07, 6.45) is 9.48. The number of likely N-dealkylation sites (tertiary alicyclic amines) is 1. The third-order valence-electron chi connectivity index (χ3n) is 12.3. The Labute approximate surface area is 303 Å². The lowest BCUT2D eigenvalue weighted by molar-refractivity contribution is -0.246. The van der Waals surface area contributed by atoms with Gasteiger partial charge in [-0.3, -0.25) is 9.69 Å². The number of aryl methyl sites for hydroxylation is 1. The van der Waals surface area contributed by atoms with Crippen molar-refractivity contribution in [3.05, 3.63) is 58.1 Å². The Bertz CT molecular complexity index is 1610. The van der Waals surface area contributed by atoms with Gasteiger partial charge in [0.1, 0.15) is 5.75 Å². The van der Waals surface area contributed by atoms with Crippen LogP contribution in [0.15, 0.2) is 36.4 Å². The maximum Gasteiger partial charge on any atom is 0.264 e. The van der Waals surface area contributed by atoms with E-state index in [0.717, 1.165) is 94.7 Å². The zero-order valence-electron chi connectivity index (χ0n) is 29.7. The zero-order valence-corrected chi connectivity index (χ0v) is 31.2. The summed E-state index contributed by atoms with van der Waals surface area (Å²) in [5.41, 5.74) is 3.69. The highest BCUT2D eigenvalue weighted by molar-refractivity contribution is 7.90. The number of rotatable bonds is 2. The Morgan fingerprint density at radius 2 is 1.66 bits per heavy atom. The number of carbonyl (C=O) groups excluding carboxylic acids is 1. The minimum atomic E-state index is -3.90. The SMILES string of the molecule is C[C@@H]1[C@@H](C)CCC[C@H](C2OCC(N3CCC3)CO2)[C@@H]2CC[C@H]2CN2CCCCc3cc(Cl)ccc3CCOc3ccc(cc32)C(=O)NS1(=O)=O. The smallest absolute Gasteiger partial charge is 0.264 e. The average Bonchev–Trinajstić information content (AvgIpc) is 3.06. The molecule has 0 radical (unpaired) electrons. The topological polar surface area (TPSA) is 97.4 Å². The normalized spacial score (nSPS) is 32.7. The number of nitrogens with zero attached hydrogens (tertiary/aromatic N) is 2. The Balaban J connectivity index is 1.19. The second-order valence-corrected chi connectivity index (χ2v) is 17.9. The number of sulfonamides is 1. The van der Waals surface area contributed by atoms with Crippen molar-refractivity contribution in [2.24, 2.45) is 23.7 Å². The van der Waals surface area contributed by atoms with E-state index in [1.807, 2.05) is 25.1 Å². The van der Waals surface area contributed by atoms with E-state index < -0.39 is 21.2 Å². The molecule has 1 N–H and O–H groups in total. The van der Waals surface area contributed by atoms with Gasteiger partial charge < -0.3 is 19.1 Å². The van der Waals surface area contributed by atoms with Gasteiger partial charge >= 0.3 is 0 Å². The third-order valence-corrected chi connectivity index (χ3v) is 14.5. The molecule has 4 aliphatic heterocycles. The third kappa shape index (κ3) is 7.99. The van der Waals surface area contributed by atoms with Crippen molar-refractivity contribution in [1.82, 2.24) is 9.62 Å². The van der Waals surface area contributed by atoms with Gasteiger partial charge in [0.05, 0.1) is 36.8 Å². The highest BCUT2D eigenvalue weighted by atomic mass is 35.5. The molecular weight excluding hydrogens is 674 g/mol. The molecule has 2 saturated heterocycles. The quantitative estimate of drug-likeness (QED) is 0.377. The van der Waals surface area contributed by atoms with Crippen LogP contribution in [0.3, 0.4) is 0 Å². The van der Waals surface area contributed by atoms with E-state index in [1.54, 1.807) is 13.0 Å². The molecule has 4 heterocycles. The molecule has 5 aliphatic rings. The van der Waals surface area contributed by atoms with E-state index in [-0.39, 0.29) is 18.1 Å². The van der Waals surface area contributed by atoms with Crippen molar-refractivity contribution in [3.63, 3.8) is 0 Å². The van der Waals surface area contributed by atoms with Crippen molar-refractivity contribution >= 4 is 33.2 Å². The molecule has 50 heavy (non-hydrogen) atoms. The Hall–Kier alpha value is -2.37. The maximum absolute atomic E-state index is 13.5. The molecule has 7 rings (SSSR count). The van der Waals surface area contributed by atoms with Crippen molar-refractivity contribution in [1.29, 1.82) is 0 Å². The maximum atomic E-state index is 13.5. The van der Waals surface area contributed by atoms with Crippen LogP contribution in [0.2, 0.25) is 5.02 Å². The second kappa shape index (κ2) is 15.7. The monoisotopic (exact) mass is 727 g/mol. The summed E-state index contributed by atoms with van der Waals surface area (Å²) in [5.74, 6) is 1.14. The lowest BCUT2D eigenvalue weighted by Crippen LogP contribution is -2.55. The first-order valence-corrected chi connectivity index (χ1v) is 20.9. The summed E-state index contributed by atoms with van der Waals surface area (Å²) in [4.78, 5) is 18.4. The van der Waals surface area contributed by atoms with Crippen LogP contribution in [0.5, 0.6) is 5.75 Å². The summed E-state index contributed by atoms with van der Waals surface area (Å²) in [7, 11) is -3.90. The Kier molecular flexibility index (Phi) is 11.3. The predicted molar refractivity (Wildman–Crippen MR) is 196 cm³/mol. The van der Waals surface area contributed by atoms with Crippen molar-refractivity contribution in [2.45, 2.75) is 95.6 Å². The van der Waals surface area contributed by atoms with Gasteiger partial charge in [-0.2, -0.15) is 0 Å². The fraction of sp³-hybridized carbons (Fsp3) is 0.667. The second-order valence-electron chi connectivity index (χ2n) is 15.4. The largest absolute Gasteiger partial charge is 0.491 e. The van der Waals surface area contributed by atoms with E-state index in [2.05, 4.69) is 26.7 Å². The van der Waals surface area contributed by atoms with Crippen LogP contribution in [0.1, 0.15) is 86.7 Å². The number of nitrogens with one attached hydrogen (secondary N) is 1. The Morgan fingerprint density at radius 3 is 2.40 bits per heavy atom. The number of hydrogen-bond acceptors (Lipinski definition) is 8. The number of carbonyl (C=O) groups is 1. The Morgan fingerprint density at radius 1 is 0.840 bits per heavy atom. The first-order chi connectivity index (χ1) is 24.2. The summed E-state index contributed by atoms with van der Waals surface area (Å²) in [6, 6.07) is 11.8. The minimum Gasteiger partial charge on any atom is -0.491 e. The zero-order chi connectivity index (χ0) is 34.8. The van der Waals surface area contributed by atoms with Gasteiger partial charge in [0, 0.05) is 36.0 Å². The molecule has 3 fully saturated rings. The molecule has 1 amide bonds. The van der Waals surface area contributed by atoms with Gasteiger partial charge in [-0.25, -0.2) is 13.1 Å². The summed E-state index contributed by atoms with van der Waals surface area (Å²) in [5, 5.41) is 0.0447. The van der Waals surface area contributed by atoms with Gasteiger partial charge in [-0.1, -0.05) is 31.0 Å². The van der Waals surface area contributed by atoms with Crippen LogP contribution in [0, 0.1) is 23.7 Å². The molecule has 2 aromatic carbocycles. The van der Waals surface area contributed by atoms with E-state index in [9.17, 15) is 13.2 Å². The average molecular weight is 728 g/mol. The highest BCUT2D eigenvalue weighted by Gasteiger charge is 2.44. The number of hydrogen-bond donors (Lipinski definition) is 1. The van der Waals surface area contributed by atoms with Gasteiger partial charge in [-0.15, -0.1) is 0 Å². The number of benzene rings is 2. The molecule has 5 atom stereocenters. The van der Waals surface area contributed by atoms with E-state index in [0.29, 0.717) is 49.0 Å². The fourth-order valence-corrected chi connectivity index (χ4v) is 10.2. The van der Waals surface area contributed by atoms with Crippen LogP contribution >= 0.6 is 11.6 Å². The fourth-order valence-electron chi connectivity index (χ4n) is 8.69. The van der Waals surface area contributed by atoms with Crippen LogP contribution < -0.4 is 14.4 Å². The molecule has 0 spiro atoms. The minimum absolute atomic E-state index is 0.114. The molecule has 0 aromatic heterocycles. The highest BCUT2D eigenvalue weighted by Crippen LogP contribution is 2.46. The number of ether oxygens (including phenoxy) is 3. The van der Waals surface area contributed by atoms with Gasteiger partial charge in [0.15, 0.2) is 6.29 Å². The van der Waals surface area contributed by atoms with Crippen molar-refractivity contribution < 1.29 is 27.4 Å². The molecule has 1 saturated carbocycles. The van der Waals surface area contributed by atoms with Crippen LogP contribution in [-0.4, -0.2) is 82.8 Å². The van der Waals surface area contributed by atoms with Gasteiger partial charge in [0.2, 0.25) is 10.0 Å².